The number of benzene rings is 4. The lowest BCUT2D eigenvalue weighted by molar-refractivity contribution is -0.140. The molecule has 0 saturated heterocycles. The van der Waals surface area contributed by atoms with Crippen LogP contribution < -0.4 is 9.62 Å². The van der Waals surface area contributed by atoms with Crippen LogP contribution >= 0.6 is 11.6 Å². The van der Waals surface area contributed by atoms with Gasteiger partial charge in [0, 0.05) is 24.5 Å². The van der Waals surface area contributed by atoms with E-state index < -0.39 is 28.5 Å². The summed E-state index contributed by atoms with van der Waals surface area (Å²) in [5.41, 5.74) is 4.70. The molecule has 0 bridgehead atoms. The van der Waals surface area contributed by atoms with E-state index in [0.717, 1.165) is 45.0 Å². The van der Waals surface area contributed by atoms with E-state index in [9.17, 15) is 18.0 Å². The molecule has 0 saturated carbocycles. The minimum atomic E-state index is -4.20. The molecule has 0 unspecified atom stereocenters. The first-order valence-electron chi connectivity index (χ1n) is 15.5. The van der Waals surface area contributed by atoms with Gasteiger partial charge in [-0.15, -0.1) is 0 Å². The zero-order valence-corrected chi connectivity index (χ0v) is 28.4. The van der Waals surface area contributed by atoms with Gasteiger partial charge in [-0.25, -0.2) is 8.42 Å². The molecule has 242 valence electrons. The molecule has 4 aromatic rings. The molecule has 0 heterocycles. The highest BCUT2D eigenvalue weighted by Gasteiger charge is 2.34. The average Bonchev–Trinajstić information content (AvgIpc) is 3.04. The molecule has 4 rings (SSSR count). The number of anilines is 1. The van der Waals surface area contributed by atoms with Crippen molar-refractivity contribution < 1.29 is 18.0 Å². The van der Waals surface area contributed by atoms with Gasteiger partial charge in [-0.05, 0) is 68.1 Å². The Morgan fingerprint density at radius 3 is 2.07 bits per heavy atom. The van der Waals surface area contributed by atoms with E-state index in [1.54, 1.807) is 30.3 Å². The first-order chi connectivity index (χ1) is 22.0. The number of sulfonamides is 1. The molecule has 0 radical (unpaired) electrons. The Balaban J connectivity index is 1.80. The maximum atomic E-state index is 14.6. The van der Waals surface area contributed by atoms with Crippen LogP contribution in [0.15, 0.2) is 102 Å². The number of nitrogens with zero attached hydrogens (tertiary/aromatic N) is 2. The van der Waals surface area contributed by atoms with Crippen LogP contribution in [-0.2, 0) is 32.6 Å². The summed E-state index contributed by atoms with van der Waals surface area (Å²) in [5, 5.41) is 3.39. The van der Waals surface area contributed by atoms with E-state index in [-0.39, 0.29) is 29.5 Å². The van der Waals surface area contributed by atoms with Crippen molar-refractivity contribution in [3.05, 3.63) is 130 Å². The summed E-state index contributed by atoms with van der Waals surface area (Å²) in [5.74, 6) is -0.802. The number of halogens is 1. The number of hydrogen-bond donors (Lipinski definition) is 1. The van der Waals surface area contributed by atoms with Crippen molar-refractivity contribution in [3.8, 4) is 0 Å². The van der Waals surface area contributed by atoms with Gasteiger partial charge in [-0.2, -0.15) is 0 Å². The highest BCUT2D eigenvalue weighted by Crippen LogP contribution is 2.29. The Hall–Kier alpha value is -4.14. The predicted molar refractivity (Wildman–Crippen MR) is 185 cm³/mol. The zero-order chi connectivity index (χ0) is 33.3. The Labute approximate surface area is 278 Å². The average molecular weight is 660 g/mol. The smallest absolute Gasteiger partial charge is 0.264 e. The molecule has 1 N–H and O–H groups in total. The number of amides is 2. The molecule has 0 aromatic heterocycles. The van der Waals surface area contributed by atoms with E-state index in [2.05, 4.69) is 5.32 Å². The molecular weight excluding hydrogens is 618 g/mol. The summed E-state index contributed by atoms with van der Waals surface area (Å²) in [6.07, 6.45) is 1.96. The van der Waals surface area contributed by atoms with Gasteiger partial charge in [0.15, 0.2) is 0 Å². The van der Waals surface area contributed by atoms with Crippen LogP contribution in [0.25, 0.3) is 0 Å². The van der Waals surface area contributed by atoms with Crippen LogP contribution in [0.5, 0.6) is 0 Å². The fraction of sp³-hybridized carbons (Fsp3) is 0.297. The lowest BCUT2D eigenvalue weighted by atomic mass is 10.0. The topological polar surface area (TPSA) is 86.8 Å². The number of carbonyl (C=O) groups is 2. The maximum absolute atomic E-state index is 14.6. The Bertz CT molecular complexity index is 1730. The summed E-state index contributed by atoms with van der Waals surface area (Å²) in [7, 11) is -4.20. The molecule has 0 spiro atoms. The third-order valence-electron chi connectivity index (χ3n) is 7.91. The minimum absolute atomic E-state index is 0.0471. The fourth-order valence-electron chi connectivity index (χ4n) is 5.05. The molecule has 4 aromatic carbocycles. The normalized spacial score (nSPS) is 11.9. The van der Waals surface area contributed by atoms with Crippen molar-refractivity contribution in [2.75, 3.05) is 17.4 Å². The highest BCUT2D eigenvalue weighted by molar-refractivity contribution is 7.92. The van der Waals surface area contributed by atoms with Gasteiger partial charge in [-0.3, -0.25) is 13.9 Å². The number of unbranched alkanes of at least 4 members (excludes halogenated alkanes) is 1. The predicted octanol–water partition coefficient (Wildman–Crippen LogP) is 7.02. The zero-order valence-electron chi connectivity index (χ0n) is 26.9. The number of hydrogen-bond acceptors (Lipinski definition) is 4. The SMILES string of the molecule is CCCCNC(=O)[C@H](Cc1ccccc1)N(Cc1ccc(C)cc1)C(=O)CN(c1ccc(C)c(Cl)c1)S(=O)(=O)c1ccc(C)cc1. The number of carbonyl (C=O) groups excluding carboxylic acids is 2. The van der Waals surface area contributed by atoms with E-state index in [1.807, 2.05) is 82.3 Å². The van der Waals surface area contributed by atoms with Crippen molar-refractivity contribution in [1.29, 1.82) is 0 Å². The Morgan fingerprint density at radius 1 is 0.826 bits per heavy atom. The van der Waals surface area contributed by atoms with E-state index in [1.165, 1.54) is 17.0 Å². The monoisotopic (exact) mass is 659 g/mol. The highest BCUT2D eigenvalue weighted by atomic mass is 35.5. The van der Waals surface area contributed by atoms with E-state index >= 15 is 0 Å². The second-order valence-corrected chi connectivity index (χ2v) is 13.9. The first-order valence-corrected chi connectivity index (χ1v) is 17.3. The second kappa shape index (κ2) is 15.9. The fourth-order valence-corrected chi connectivity index (χ4v) is 6.63. The molecular formula is C37H42ClN3O4S. The molecule has 9 heteroatoms. The van der Waals surface area contributed by atoms with Gasteiger partial charge in [0.2, 0.25) is 11.8 Å². The van der Waals surface area contributed by atoms with E-state index in [4.69, 9.17) is 11.6 Å². The van der Waals surface area contributed by atoms with Gasteiger partial charge < -0.3 is 10.2 Å². The molecule has 0 aliphatic carbocycles. The number of aryl methyl sites for hydroxylation is 3. The third kappa shape index (κ3) is 8.98. The van der Waals surface area contributed by atoms with Crippen LogP contribution in [-0.4, -0.2) is 44.3 Å². The largest absolute Gasteiger partial charge is 0.354 e. The van der Waals surface area contributed by atoms with Crippen molar-refractivity contribution in [2.45, 2.75) is 64.4 Å². The van der Waals surface area contributed by atoms with Crippen molar-refractivity contribution in [2.24, 2.45) is 0 Å². The Kier molecular flexibility index (Phi) is 12.0. The molecule has 46 heavy (non-hydrogen) atoms. The summed E-state index contributed by atoms with van der Waals surface area (Å²) >= 11 is 6.47. The molecule has 7 nitrogen and oxygen atoms in total. The second-order valence-electron chi connectivity index (χ2n) is 11.6. The summed E-state index contributed by atoms with van der Waals surface area (Å²) < 4.78 is 29.5. The third-order valence-corrected chi connectivity index (χ3v) is 10.1. The van der Waals surface area contributed by atoms with Crippen LogP contribution in [0.4, 0.5) is 5.69 Å². The van der Waals surface area contributed by atoms with Gasteiger partial charge in [0.05, 0.1) is 10.6 Å². The van der Waals surface area contributed by atoms with Crippen LogP contribution in [0.2, 0.25) is 5.02 Å². The Morgan fingerprint density at radius 2 is 1.46 bits per heavy atom. The van der Waals surface area contributed by atoms with Crippen molar-refractivity contribution in [1.82, 2.24) is 10.2 Å². The summed E-state index contributed by atoms with van der Waals surface area (Å²) in [6, 6.07) is 27.8. The standard InChI is InChI=1S/C37H42ClN3O4S/c1-5-6-22-39-37(43)35(23-30-10-8-7-9-11-30)40(25-31-17-12-27(2)13-18-31)36(42)26-41(32-19-16-29(4)34(38)24-32)46(44,45)33-20-14-28(3)15-21-33/h7-21,24,35H,5-6,22-23,25-26H2,1-4H3,(H,39,43)/t35-/m0/s1. The lowest BCUT2D eigenvalue weighted by Gasteiger charge is -2.34. The van der Waals surface area contributed by atoms with Crippen molar-refractivity contribution in [3.63, 3.8) is 0 Å². The number of nitrogens with one attached hydrogen (secondary N) is 1. The van der Waals surface area contributed by atoms with Gasteiger partial charge in [0.25, 0.3) is 10.0 Å². The summed E-state index contributed by atoms with van der Waals surface area (Å²) in [6.45, 7) is 7.78. The quantitative estimate of drug-likeness (QED) is 0.148. The molecule has 0 fully saturated rings. The van der Waals surface area contributed by atoms with Crippen LogP contribution in [0.3, 0.4) is 0 Å². The lowest BCUT2D eigenvalue weighted by Crippen LogP contribution is -2.53. The van der Waals surface area contributed by atoms with Gasteiger partial charge in [0.1, 0.15) is 12.6 Å². The minimum Gasteiger partial charge on any atom is -0.354 e. The van der Waals surface area contributed by atoms with Crippen LogP contribution in [0, 0.1) is 20.8 Å². The van der Waals surface area contributed by atoms with Gasteiger partial charge in [-0.1, -0.05) is 109 Å². The van der Waals surface area contributed by atoms with Crippen LogP contribution in [0.1, 0.15) is 47.6 Å². The number of rotatable bonds is 14. The first kappa shape index (κ1) is 34.7. The van der Waals surface area contributed by atoms with Gasteiger partial charge >= 0.3 is 0 Å². The summed E-state index contributed by atoms with van der Waals surface area (Å²) in [4.78, 5) is 30.0. The molecule has 0 aliphatic rings. The maximum Gasteiger partial charge on any atom is 0.264 e. The van der Waals surface area contributed by atoms with Crippen molar-refractivity contribution >= 4 is 39.1 Å². The molecule has 2 amide bonds. The van der Waals surface area contributed by atoms with E-state index in [0.29, 0.717) is 11.6 Å². The molecule has 0 aliphatic heterocycles. The molecule has 1 atom stereocenters.